The molecule has 0 bridgehead atoms. The van der Waals surface area contributed by atoms with Gasteiger partial charge in [-0.05, 0) is 65.6 Å². The Hall–Kier alpha value is -4.77. The molecule has 0 saturated carbocycles. The van der Waals surface area contributed by atoms with Crippen LogP contribution in [0.1, 0.15) is 54.6 Å². The van der Waals surface area contributed by atoms with E-state index < -0.39 is 21.7 Å². The number of hydrogen-bond acceptors (Lipinski definition) is 6. The molecule has 5 aromatic rings. The standard InChI is InChI=1S/C37H33ClN2O6S2/c1-25-33(48(45,46)31-18-16-30(38)17-19-31)24-47-35(25)37(44)40(22-26-12-14-29(15-13-26)36(43)39-21-20-34(41)42)23-32(27-8-4-2-5-9-27)28-10-6-3-7-11-28/h2-19,24,32H,20-23H2,1H3,(H,39,43)(H,41,42). The van der Waals surface area contributed by atoms with Gasteiger partial charge in [0.25, 0.3) is 11.8 Å². The van der Waals surface area contributed by atoms with Gasteiger partial charge in [-0.25, -0.2) is 8.42 Å². The fourth-order valence-corrected chi connectivity index (χ4v) is 8.36. The number of nitrogens with zero attached hydrogens (tertiary/aromatic N) is 1. The Bertz CT molecular complexity index is 1960. The summed E-state index contributed by atoms with van der Waals surface area (Å²) in [6, 6.07) is 32.5. The van der Waals surface area contributed by atoms with Crippen molar-refractivity contribution in [1.29, 1.82) is 0 Å². The van der Waals surface area contributed by atoms with Crippen LogP contribution in [0.3, 0.4) is 0 Å². The van der Waals surface area contributed by atoms with Gasteiger partial charge in [-0.1, -0.05) is 84.4 Å². The quantitative estimate of drug-likeness (QED) is 0.134. The second-order valence-electron chi connectivity index (χ2n) is 11.2. The molecule has 0 spiro atoms. The maximum Gasteiger partial charge on any atom is 0.305 e. The Morgan fingerprint density at radius 1 is 0.854 bits per heavy atom. The predicted molar refractivity (Wildman–Crippen MR) is 186 cm³/mol. The van der Waals surface area contributed by atoms with E-state index in [1.165, 1.54) is 29.6 Å². The number of thiophene rings is 1. The van der Waals surface area contributed by atoms with Crippen molar-refractivity contribution < 1.29 is 27.9 Å². The van der Waals surface area contributed by atoms with Gasteiger partial charge in [0.15, 0.2) is 0 Å². The van der Waals surface area contributed by atoms with E-state index in [4.69, 9.17) is 16.7 Å². The van der Waals surface area contributed by atoms with Gasteiger partial charge in [0.05, 0.1) is 21.1 Å². The van der Waals surface area contributed by atoms with Gasteiger partial charge in [-0.2, -0.15) is 0 Å². The first-order valence-corrected chi connectivity index (χ1v) is 17.9. The zero-order valence-corrected chi connectivity index (χ0v) is 28.4. The van der Waals surface area contributed by atoms with Crippen LogP contribution in [0.4, 0.5) is 0 Å². The number of carbonyl (C=O) groups excluding carboxylic acids is 2. The van der Waals surface area contributed by atoms with Crippen LogP contribution >= 0.6 is 22.9 Å². The molecule has 0 saturated heterocycles. The largest absolute Gasteiger partial charge is 0.481 e. The first kappa shape index (κ1) is 34.6. The van der Waals surface area contributed by atoms with Crippen molar-refractivity contribution >= 4 is 50.6 Å². The van der Waals surface area contributed by atoms with E-state index in [2.05, 4.69) is 5.32 Å². The van der Waals surface area contributed by atoms with E-state index in [0.29, 0.717) is 27.6 Å². The fourth-order valence-electron chi connectivity index (χ4n) is 5.34. The SMILES string of the molecule is Cc1c(S(=O)(=O)c2ccc(Cl)cc2)csc1C(=O)N(Cc1ccc(C(=O)NCCC(=O)O)cc1)CC(c1ccccc1)c1ccccc1. The van der Waals surface area contributed by atoms with Crippen molar-refractivity contribution in [2.24, 2.45) is 0 Å². The number of nitrogens with one attached hydrogen (secondary N) is 1. The van der Waals surface area contributed by atoms with Crippen molar-refractivity contribution in [3.05, 3.63) is 152 Å². The zero-order valence-electron chi connectivity index (χ0n) is 26.0. The van der Waals surface area contributed by atoms with E-state index in [9.17, 15) is 22.8 Å². The van der Waals surface area contributed by atoms with Gasteiger partial charge in [0, 0.05) is 41.5 Å². The van der Waals surface area contributed by atoms with Crippen LogP contribution in [0, 0.1) is 6.92 Å². The Balaban J connectivity index is 1.49. The van der Waals surface area contributed by atoms with Crippen molar-refractivity contribution in [2.45, 2.75) is 35.6 Å². The minimum absolute atomic E-state index is 0.00838. The highest BCUT2D eigenvalue weighted by Crippen LogP contribution is 2.33. The summed E-state index contributed by atoms with van der Waals surface area (Å²) >= 11 is 7.08. The average Bonchev–Trinajstić information content (AvgIpc) is 3.49. The molecule has 2 amide bonds. The highest BCUT2D eigenvalue weighted by atomic mass is 35.5. The third kappa shape index (κ3) is 8.20. The minimum Gasteiger partial charge on any atom is -0.481 e. The van der Waals surface area contributed by atoms with Gasteiger partial charge in [0.2, 0.25) is 9.84 Å². The Morgan fingerprint density at radius 3 is 2.00 bits per heavy atom. The molecule has 1 heterocycles. The van der Waals surface area contributed by atoms with Crippen LogP contribution in [0.25, 0.3) is 0 Å². The van der Waals surface area contributed by atoms with Crippen LogP contribution in [-0.4, -0.2) is 49.3 Å². The fraction of sp³-hybridized carbons (Fsp3) is 0.162. The number of benzene rings is 4. The Kier molecular flexibility index (Phi) is 11.1. The lowest BCUT2D eigenvalue weighted by molar-refractivity contribution is -0.136. The number of sulfone groups is 1. The number of hydrogen-bond donors (Lipinski definition) is 2. The number of rotatable bonds is 13. The molecule has 0 aliphatic carbocycles. The molecule has 0 radical (unpaired) electrons. The summed E-state index contributed by atoms with van der Waals surface area (Å²) < 4.78 is 27.1. The summed E-state index contributed by atoms with van der Waals surface area (Å²) in [5.41, 5.74) is 3.52. The molecular weight excluding hydrogens is 668 g/mol. The van der Waals surface area contributed by atoms with E-state index >= 15 is 0 Å². The number of carboxylic acids is 1. The molecule has 0 atom stereocenters. The molecule has 2 N–H and O–H groups in total. The molecule has 4 aromatic carbocycles. The van der Waals surface area contributed by atoms with E-state index in [-0.39, 0.29) is 41.1 Å². The lowest BCUT2D eigenvalue weighted by Gasteiger charge is -2.29. The Labute approximate surface area is 288 Å². The number of halogens is 1. The van der Waals surface area contributed by atoms with Crippen molar-refractivity contribution in [3.8, 4) is 0 Å². The smallest absolute Gasteiger partial charge is 0.305 e. The van der Waals surface area contributed by atoms with Gasteiger partial charge in [-0.15, -0.1) is 11.3 Å². The van der Waals surface area contributed by atoms with Crippen molar-refractivity contribution in [1.82, 2.24) is 10.2 Å². The summed E-state index contributed by atoms with van der Waals surface area (Å²) in [5.74, 6) is -1.90. The second kappa shape index (κ2) is 15.4. The van der Waals surface area contributed by atoms with Gasteiger partial charge in [-0.3, -0.25) is 14.4 Å². The molecular formula is C37H33ClN2O6S2. The number of amides is 2. The predicted octanol–water partition coefficient (Wildman–Crippen LogP) is 7.22. The molecule has 11 heteroatoms. The normalized spacial score (nSPS) is 11.3. The summed E-state index contributed by atoms with van der Waals surface area (Å²) in [7, 11) is -3.91. The van der Waals surface area contributed by atoms with Crippen molar-refractivity contribution in [2.75, 3.05) is 13.1 Å². The highest BCUT2D eigenvalue weighted by molar-refractivity contribution is 7.91. The van der Waals surface area contributed by atoms with Crippen LogP contribution in [0.2, 0.25) is 5.02 Å². The molecule has 246 valence electrons. The number of aliphatic carboxylic acids is 1. The lowest BCUT2D eigenvalue weighted by Crippen LogP contribution is -2.34. The van der Waals surface area contributed by atoms with E-state index in [1.807, 2.05) is 60.7 Å². The summed E-state index contributed by atoms with van der Waals surface area (Å²) in [5, 5.41) is 13.4. The summed E-state index contributed by atoms with van der Waals surface area (Å²) in [6.45, 7) is 2.14. The van der Waals surface area contributed by atoms with Gasteiger partial charge >= 0.3 is 5.97 Å². The zero-order chi connectivity index (χ0) is 34.3. The van der Waals surface area contributed by atoms with Crippen LogP contribution in [0.5, 0.6) is 0 Å². The maximum absolute atomic E-state index is 14.5. The molecule has 0 aliphatic heterocycles. The summed E-state index contributed by atoms with van der Waals surface area (Å²) in [6.07, 6.45) is -0.185. The molecule has 0 unspecified atom stereocenters. The first-order valence-electron chi connectivity index (χ1n) is 15.1. The molecule has 0 aliphatic rings. The Morgan fingerprint density at radius 2 is 1.44 bits per heavy atom. The van der Waals surface area contributed by atoms with Crippen LogP contribution < -0.4 is 5.32 Å². The average molecular weight is 701 g/mol. The van der Waals surface area contributed by atoms with Gasteiger partial charge in [0.1, 0.15) is 0 Å². The lowest BCUT2D eigenvalue weighted by atomic mass is 9.90. The minimum atomic E-state index is -3.91. The monoisotopic (exact) mass is 700 g/mol. The number of carbonyl (C=O) groups is 3. The molecule has 8 nitrogen and oxygen atoms in total. The highest BCUT2D eigenvalue weighted by Gasteiger charge is 2.29. The maximum atomic E-state index is 14.5. The van der Waals surface area contributed by atoms with Crippen molar-refractivity contribution in [3.63, 3.8) is 0 Å². The summed E-state index contributed by atoms with van der Waals surface area (Å²) in [4.78, 5) is 40.0. The molecule has 1 aromatic heterocycles. The van der Waals surface area contributed by atoms with Crippen LogP contribution in [0.15, 0.2) is 124 Å². The van der Waals surface area contributed by atoms with Crippen LogP contribution in [-0.2, 0) is 21.2 Å². The third-order valence-corrected chi connectivity index (χ3v) is 11.3. The number of carboxylic acid groups (broad SMARTS) is 1. The van der Waals surface area contributed by atoms with E-state index in [1.54, 1.807) is 36.1 Å². The van der Waals surface area contributed by atoms with Gasteiger partial charge < -0.3 is 15.3 Å². The molecule has 0 fully saturated rings. The topological polar surface area (TPSA) is 121 Å². The molecule has 5 rings (SSSR count). The van der Waals surface area contributed by atoms with E-state index in [0.717, 1.165) is 28.0 Å². The third-order valence-electron chi connectivity index (χ3n) is 7.91. The molecule has 48 heavy (non-hydrogen) atoms. The first-order chi connectivity index (χ1) is 23.0. The second-order valence-corrected chi connectivity index (χ2v) is 14.4.